The molecule has 4 aromatic rings. The fraction of sp³-hybridized carbons (Fsp3) is 0. The van der Waals surface area contributed by atoms with E-state index in [0.717, 1.165) is 11.2 Å². The van der Waals surface area contributed by atoms with Gasteiger partial charge in [-0.25, -0.2) is 4.98 Å². The lowest BCUT2D eigenvalue weighted by molar-refractivity contribution is 0.515. The van der Waals surface area contributed by atoms with E-state index in [2.05, 4.69) is 4.98 Å². The van der Waals surface area contributed by atoms with Crippen LogP contribution in [-0.2, 0) is 0 Å². The number of aromatic nitrogens is 2. The van der Waals surface area contributed by atoms with Gasteiger partial charge in [0.2, 0.25) is 0 Å². The molecule has 126 valence electrons. The third-order valence-corrected chi connectivity index (χ3v) is 4.14. The van der Waals surface area contributed by atoms with Gasteiger partial charge in [-0.2, -0.15) is 0 Å². The fourth-order valence-electron chi connectivity index (χ4n) is 2.90. The Morgan fingerprint density at radius 3 is 2.19 bits per heavy atom. The van der Waals surface area contributed by atoms with Gasteiger partial charge >= 0.3 is 0 Å². The molecule has 4 rings (SSSR count). The molecule has 0 unspecified atom stereocenters. The molecular weight excluding hydrogens is 324 g/mol. The Labute approximate surface area is 150 Å². The van der Waals surface area contributed by atoms with Gasteiger partial charge in [0.1, 0.15) is 11.5 Å². The normalized spacial score (nSPS) is 11.6. The summed E-state index contributed by atoms with van der Waals surface area (Å²) in [4.78, 5) is 17.6. The van der Waals surface area contributed by atoms with Gasteiger partial charge in [-0.05, 0) is 24.3 Å². The number of aliphatic hydroxyl groups is 1. The molecule has 26 heavy (non-hydrogen) atoms. The number of benzene rings is 3. The van der Waals surface area contributed by atoms with Crippen molar-refractivity contribution >= 4 is 22.9 Å². The van der Waals surface area contributed by atoms with Crippen molar-refractivity contribution in [3.8, 4) is 5.69 Å². The van der Waals surface area contributed by atoms with Gasteiger partial charge in [-0.15, -0.1) is 0 Å². The second kappa shape index (κ2) is 6.69. The summed E-state index contributed by atoms with van der Waals surface area (Å²) < 4.78 is 1.62. The van der Waals surface area contributed by atoms with Crippen molar-refractivity contribution in [3.63, 3.8) is 0 Å². The minimum absolute atomic E-state index is 0.00472. The molecule has 0 radical (unpaired) electrons. The minimum Gasteiger partial charge on any atom is -0.507 e. The summed E-state index contributed by atoms with van der Waals surface area (Å²) >= 11 is 0. The smallest absolute Gasteiger partial charge is 0.281 e. The van der Waals surface area contributed by atoms with Crippen LogP contribution < -0.4 is 5.56 Å². The van der Waals surface area contributed by atoms with Crippen LogP contribution in [0.4, 0.5) is 0 Å². The number of hydrogen-bond donors (Lipinski definition) is 1. The van der Waals surface area contributed by atoms with Crippen molar-refractivity contribution in [3.05, 3.63) is 107 Å². The maximum Gasteiger partial charge on any atom is 0.281 e. The van der Waals surface area contributed by atoms with Crippen molar-refractivity contribution in [2.75, 3.05) is 0 Å². The molecule has 0 saturated heterocycles. The molecule has 0 atom stereocenters. The summed E-state index contributed by atoms with van der Waals surface area (Å²) in [6.45, 7) is 0. The molecule has 0 amide bonds. The lowest BCUT2D eigenvalue weighted by Crippen LogP contribution is -2.22. The van der Waals surface area contributed by atoms with Crippen molar-refractivity contribution in [1.29, 1.82) is 0 Å². The summed E-state index contributed by atoms with van der Waals surface area (Å²) in [7, 11) is 0. The zero-order chi connectivity index (χ0) is 17.9. The largest absolute Gasteiger partial charge is 0.507 e. The van der Waals surface area contributed by atoms with Crippen LogP contribution in [-0.4, -0.2) is 14.7 Å². The van der Waals surface area contributed by atoms with E-state index >= 15 is 0 Å². The maximum atomic E-state index is 13.1. The Morgan fingerprint density at radius 1 is 0.846 bits per heavy atom. The average Bonchev–Trinajstić information content (AvgIpc) is 2.70. The Hall–Kier alpha value is -3.66. The average molecular weight is 340 g/mol. The van der Waals surface area contributed by atoms with Crippen molar-refractivity contribution in [2.24, 2.45) is 0 Å². The van der Waals surface area contributed by atoms with Crippen LogP contribution >= 0.6 is 0 Å². The number of rotatable bonds is 3. The van der Waals surface area contributed by atoms with Crippen molar-refractivity contribution in [1.82, 2.24) is 9.55 Å². The van der Waals surface area contributed by atoms with Gasteiger partial charge in [-0.1, -0.05) is 60.7 Å². The number of aliphatic hydroxyl groups excluding tert-OH is 1. The highest BCUT2D eigenvalue weighted by Gasteiger charge is 2.12. The van der Waals surface area contributed by atoms with E-state index in [4.69, 9.17) is 0 Å². The molecule has 4 nitrogen and oxygen atoms in total. The van der Waals surface area contributed by atoms with E-state index < -0.39 is 0 Å². The second-order valence-electron chi connectivity index (χ2n) is 5.86. The van der Waals surface area contributed by atoms with E-state index in [0.29, 0.717) is 11.1 Å². The summed E-state index contributed by atoms with van der Waals surface area (Å²) in [5.41, 5.74) is 2.70. The van der Waals surface area contributed by atoms with E-state index in [-0.39, 0.29) is 17.0 Å². The Bertz CT molecular complexity index is 1150. The zero-order valence-corrected chi connectivity index (χ0v) is 13.9. The molecule has 0 bridgehead atoms. The van der Waals surface area contributed by atoms with Crippen molar-refractivity contribution < 1.29 is 5.11 Å². The second-order valence-corrected chi connectivity index (χ2v) is 5.86. The molecule has 3 aromatic carbocycles. The van der Waals surface area contributed by atoms with Crippen LogP contribution in [0.15, 0.2) is 89.7 Å². The quantitative estimate of drug-likeness (QED) is 0.561. The van der Waals surface area contributed by atoms with Crippen LogP contribution in [0.25, 0.3) is 28.6 Å². The number of nitrogens with zero attached hydrogens (tertiary/aromatic N) is 2. The predicted molar refractivity (Wildman–Crippen MR) is 104 cm³/mol. The molecule has 1 aromatic heterocycles. The lowest BCUT2D eigenvalue weighted by Gasteiger charge is -2.11. The van der Waals surface area contributed by atoms with Gasteiger partial charge in [0.25, 0.3) is 5.56 Å². The molecule has 0 fully saturated rings. The summed E-state index contributed by atoms with van der Waals surface area (Å²) in [6, 6.07) is 26.0. The molecule has 4 heteroatoms. The third kappa shape index (κ3) is 2.89. The lowest BCUT2D eigenvalue weighted by atomic mass is 10.1. The SMILES string of the molecule is O=c1c(/C=C(\O)c2ccccc2)nc2ccccc2n1-c1ccccc1. The monoisotopic (exact) mass is 340 g/mol. The molecule has 0 aliphatic rings. The molecule has 0 aliphatic carbocycles. The summed E-state index contributed by atoms with van der Waals surface area (Å²) in [5.74, 6) is 0.00472. The first kappa shape index (κ1) is 15.8. The van der Waals surface area contributed by atoms with Crippen LogP contribution in [0.2, 0.25) is 0 Å². The topological polar surface area (TPSA) is 55.1 Å². The molecule has 0 aliphatic heterocycles. The van der Waals surface area contributed by atoms with Gasteiger partial charge in [0, 0.05) is 17.3 Å². The molecule has 1 N–H and O–H groups in total. The van der Waals surface area contributed by atoms with E-state index in [9.17, 15) is 9.90 Å². The highest BCUT2D eigenvalue weighted by Crippen LogP contribution is 2.18. The van der Waals surface area contributed by atoms with Crippen LogP contribution in [0.5, 0.6) is 0 Å². The molecule has 0 saturated carbocycles. The van der Waals surface area contributed by atoms with Gasteiger partial charge < -0.3 is 5.11 Å². The van der Waals surface area contributed by atoms with Crippen LogP contribution in [0, 0.1) is 0 Å². The first-order valence-corrected chi connectivity index (χ1v) is 8.27. The highest BCUT2D eigenvalue weighted by atomic mass is 16.3. The van der Waals surface area contributed by atoms with E-state index in [1.54, 1.807) is 16.7 Å². The predicted octanol–water partition coefficient (Wildman–Crippen LogP) is 4.44. The fourth-order valence-corrected chi connectivity index (χ4v) is 2.90. The minimum atomic E-state index is -0.280. The summed E-state index contributed by atoms with van der Waals surface area (Å²) in [6.07, 6.45) is 1.42. The van der Waals surface area contributed by atoms with Crippen LogP contribution in [0.1, 0.15) is 11.3 Å². The Kier molecular flexibility index (Phi) is 4.07. The molecule has 0 spiro atoms. The first-order valence-electron chi connectivity index (χ1n) is 8.27. The van der Waals surface area contributed by atoms with Crippen LogP contribution in [0.3, 0.4) is 0 Å². The van der Waals surface area contributed by atoms with Gasteiger partial charge in [0.05, 0.1) is 11.0 Å². The first-order chi connectivity index (χ1) is 12.7. The van der Waals surface area contributed by atoms with E-state index in [1.165, 1.54) is 6.08 Å². The Balaban J connectivity index is 1.98. The standard InChI is InChI=1S/C22H16N2O2/c25-21(16-9-3-1-4-10-16)15-19-22(26)24(17-11-5-2-6-12-17)20-14-8-7-13-18(20)23-19/h1-15,25H/b21-15-. The number of fused-ring (bicyclic) bond motifs is 1. The van der Waals surface area contributed by atoms with Gasteiger partial charge in [-0.3, -0.25) is 9.36 Å². The van der Waals surface area contributed by atoms with Gasteiger partial charge in [0.15, 0.2) is 0 Å². The summed E-state index contributed by atoms with van der Waals surface area (Å²) in [5, 5.41) is 10.4. The molecule has 1 heterocycles. The maximum absolute atomic E-state index is 13.1. The molecular formula is C22H16N2O2. The number of para-hydroxylation sites is 3. The zero-order valence-electron chi connectivity index (χ0n) is 13.9. The Morgan fingerprint density at radius 2 is 1.46 bits per heavy atom. The van der Waals surface area contributed by atoms with E-state index in [1.807, 2.05) is 72.8 Å². The number of hydrogen-bond acceptors (Lipinski definition) is 3. The van der Waals surface area contributed by atoms with Crippen molar-refractivity contribution in [2.45, 2.75) is 0 Å². The highest BCUT2D eigenvalue weighted by molar-refractivity contribution is 5.81. The third-order valence-electron chi connectivity index (χ3n) is 4.14.